The van der Waals surface area contributed by atoms with Crippen molar-refractivity contribution in [3.63, 3.8) is 0 Å². The zero-order chi connectivity index (χ0) is 13.5. The van der Waals surface area contributed by atoms with Crippen molar-refractivity contribution < 1.29 is 9.53 Å². The molecule has 1 N–H and O–H groups in total. The van der Waals surface area contributed by atoms with Gasteiger partial charge in [-0.25, -0.2) is 4.79 Å². The van der Waals surface area contributed by atoms with Crippen molar-refractivity contribution in [3.8, 4) is 0 Å². The Morgan fingerprint density at radius 1 is 1.53 bits per heavy atom. The Hall–Kier alpha value is -1.10. The van der Waals surface area contributed by atoms with Crippen LogP contribution in [0.2, 0.25) is 0 Å². The first-order valence-corrected chi connectivity index (χ1v) is 5.93. The maximum absolute atomic E-state index is 11.8. The summed E-state index contributed by atoms with van der Waals surface area (Å²) in [5.74, 6) is 0. The maximum Gasteiger partial charge on any atom is 0.411 e. The SMILES string of the molecule is CC/N=C\CC(NC)N(C)C(=O)OC(C)(C)C. The van der Waals surface area contributed by atoms with Crippen LogP contribution < -0.4 is 5.32 Å². The first-order chi connectivity index (χ1) is 7.81. The first-order valence-electron chi connectivity index (χ1n) is 5.93. The standard InChI is InChI=1S/C12H25N3O2/c1-7-14-9-8-10(13-5)15(6)11(16)17-12(2,3)4/h9-10,13H,7-8H2,1-6H3/b14-9-. The van der Waals surface area contributed by atoms with Gasteiger partial charge in [-0.2, -0.15) is 0 Å². The average Bonchev–Trinajstić information content (AvgIpc) is 2.21. The van der Waals surface area contributed by atoms with E-state index in [4.69, 9.17) is 4.74 Å². The Morgan fingerprint density at radius 3 is 2.53 bits per heavy atom. The summed E-state index contributed by atoms with van der Waals surface area (Å²) in [6.45, 7) is 8.29. The fourth-order valence-electron chi connectivity index (χ4n) is 1.23. The molecule has 17 heavy (non-hydrogen) atoms. The highest BCUT2D eigenvalue weighted by Crippen LogP contribution is 2.10. The van der Waals surface area contributed by atoms with Crippen LogP contribution in [-0.2, 0) is 4.74 Å². The molecule has 5 nitrogen and oxygen atoms in total. The van der Waals surface area contributed by atoms with Gasteiger partial charge in [-0.05, 0) is 34.7 Å². The van der Waals surface area contributed by atoms with E-state index in [2.05, 4.69) is 10.3 Å². The Bertz CT molecular complexity index is 259. The summed E-state index contributed by atoms with van der Waals surface area (Å²) >= 11 is 0. The second-order valence-corrected chi connectivity index (χ2v) is 4.81. The van der Waals surface area contributed by atoms with E-state index in [1.165, 1.54) is 0 Å². The third-order valence-electron chi connectivity index (χ3n) is 2.12. The number of ether oxygens (including phenoxy) is 1. The molecular weight excluding hydrogens is 218 g/mol. The van der Waals surface area contributed by atoms with Crippen molar-refractivity contribution in [2.75, 3.05) is 20.6 Å². The van der Waals surface area contributed by atoms with Gasteiger partial charge in [-0.1, -0.05) is 0 Å². The highest BCUT2D eigenvalue weighted by molar-refractivity contribution is 5.69. The van der Waals surface area contributed by atoms with Crippen LogP contribution in [0.4, 0.5) is 4.79 Å². The number of carbonyl (C=O) groups is 1. The molecule has 1 atom stereocenters. The first kappa shape index (κ1) is 15.9. The van der Waals surface area contributed by atoms with Crippen LogP contribution in [0.1, 0.15) is 34.1 Å². The van der Waals surface area contributed by atoms with Gasteiger partial charge in [0.05, 0.1) is 6.17 Å². The summed E-state index contributed by atoms with van der Waals surface area (Å²) in [4.78, 5) is 17.5. The van der Waals surface area contributed by atoms with Gasteiger partial charge in [0.1, 0.15) is 5.60 Å². The Labute approximate surface area is 104 Å². The normalized spacial score (nSPS) is 13.8. The number of nitrogens with one attached hydrogen (secondary N) is 1. The lowest BCUT2D eigenvalue weighted by molar-refractivity contribution is 0.0205. The van der Waals surface area contributed by atoms with E-state index < -0.39 is 5.60 Å². The smallest absolute Gasteiger partial charge is 0.411 e. The van der Waals surface area contributed by atoms with Crippen LogP contribution in [0.3, 0.4) is 0 Å². The minimum absolute atomic E-state index is 0.0971. The summed E-state index contributed by atoms with van der Waals surface area (Å²) in [6, 6.07) is 0. The minimum Gasteiger partial charge on any atom is -0.444 e. The monoisotopic (exact) mass is 243 g/mol. The van der Waals surface area contributed by atoms with Gasteiger partial charge < -0.3 is 4.74 Å². The molecule has 0 aromatic rings. The number of amides is 1. The molecule has 0 saturated carbocycles. The largest absolute Gasteiger partial charge is 0.444 e. The summed E-state index contributed by atoms with van der Waals surface area (Å²) < 4.78 is 5.29. The van der Waals surface area contributed by atoms with Crippen LogP contribution >= 0.6 is 0 Å². The average molecular weight is 243 g/mol. The van der Waals surface area contributed by atoms with Gasteiger partial charge in [0.2, 0.25) is 0 Å². The van der Waals surface area contributed by atoms with E-state index in [1.807, 2.05) is 41.0 Å². The fraction of sp³-hybridized carbons (Fsp3) is 0.833. The minimum atomic E-state index is -0.471. The molecule has 0 aromatic carbocycles. The quantitative estimate of drug-likeness (QED) is 0.592. The van der Waals surface area contributed by atoms with E-state index >= 15 is 0 Å². The zero-order valence-corrected chi connectivity index (χ0v) is 11.8. The molecule has 5 heteroatoms. The van der Waals surface area contributed by atoms with Crippen LogP contribution in [0.5, 0.6) is 0 Å². The molecule has 0 rings (SSSR count). The Kier molecular flexibility index (Phi) is 6.80. The highest BCUT2D eigenvalue weighted by Gasteiger charge is 2.23. The number of nitrogens with zero attached hydrogens (tertiary/aromatic N) is 2. The number of aliphatic imine (C=N–C) groups is 1. The van der Waals surface area contributed by atoms with Gasteiger partial charge in [0.25, 0.3) is 0 Å². The molecule has 0 saturated heterocycles. The number of rotatable bonds is 5. The molecule has 1 amide bonds. The van der Waals surface area contributed by atoms with Crippen molar-refractivity contribution in [2.24, 2.45) is 4.99 Å². The molecule has 0 aliphatic carbocycles. The van der Waals surface area contributed by atoms with E-state index in [0.717, 1.165) is 6.54 Å². The Morgan fingerprint density at radius 2 is 2.12 bits per heavy atom. The maximum atomic E-state index is 11.8. The lowest BCUT2D eigenvalue weighted by Crippen LogP contribution is -2.47. The zero-order valence-electron chi connectivity index (χ0n) is 11.8. The second-order valence-electron chi connectivity index (χ2n) is 4.81. The molecule has 0 heterocycles. The predicted octanol–water partition coefficient (Wildman–Crippen LogP) is 1.88. The van der Waals surface area contributed by atoms with Gasteiger partial charge >= 0.3 is 6.09 Å². The number of carbonyl (C=O) groups excluding carboxylic acids is 1. The van der Waals surface area contributed by atoms with Crippen LogP contribution in [0.25, 0.3) is 0 Å². The molecule has 100 valence electrons. The summed E-state index contributed by atoms with van der Waals surface area (Å²) in [6.07, 6.45) is 2.06. The van der Waals surface area contributed by atoms with Crippen molar-refractivity contribution >= 4 is 12.3 Å². The molecule has 0 aliphatic heterocycles. The predicted molar refractivity (Wildman–Crippen MR) is 70.5 cm³/mol. The van der Waals surface area contributed by atoms with Crippen molar-refractivity contribution in [2.45, 2.75) is 45.9 Å². The number of hydrogen-bond acceptors (Lipinski definition) is 4. The van der Waals surface area contributed by atoms with E-state index in [-0.39, 0.29) is 12.3 Å². The third kappa shape index (κ3) is 6.94. The van der Waals surface area contributed by atoms with Crippen LogP contribution in [0.15, 0.2) is 4.99 Å². The van der Waals surface area contributed by atoms with Gasteiger partial charge in [0.15, 0.2) is 0 Å². The van der Waals surface area contributed by atoms with E-state index in [1.54, 1.807) is 11.9 Å². The summed E-state index contributed by atoms with van der Waals surface area (Å²) in [5, 5.41) is 3.06. The highest BCUT2D eigenvalue weighted by atomic mass is 16.6. The van der Waals surface area contributed by atoms with Crippen LogP contribution in [0, 0.1) is 0 Å². The summed E-state index contributed by atoms with van der Waals surface area (Å²) in [5.41, 5.74) is -0.471. The molecule has 0 aliphatic rings. The van der Waals surface area contributed by atoms with E-state index in [0.29, 0.717) is 6.42 Å². The van der Waals surface area contributed by atoms with Crippen molar-refractivity contribution in [3.05, 3.63) is 0 Å². The lowest BCUT2D eigenvalue weighted by Gasteiger charge is -2.29. The summed E-state index contributed by atoms with van der Waals surface area (Å²) in [7, 11) is 3.53. The van der Waals surface area contributed by atoms with E-state index in [9.17, 15) is 4.79 Å². The molecular formula is C12H25N3O2. The fourth-order valence-corrected chi connectivity index (χ4v) is 1.23. The van der Waals surface area contributed by atoms with Crippen molar-refractivity contribution in [1.82, 2.24) is 10.2 Å². The molecule has 0 radical (unpaired) electrons. The van der Waals surface area contributed by atoms with Gasteiger partial charge in [0, 0.05) is 26.2 Å². The second kappa shape index (κ2) is 7.27. The molecule has 0 spiro atoms. The molecule has 0 bridgehead atoms. The number of hydrogen-bond donors (Lipinski definition) is 1. The molecule has 0 aromatic heterocycles. The molecule has 1 unspecified atom stereocenters. The van der Waals surface area contributed by atoms with Crippen LogP contribution in [-0.4, -0.2) is 49.6 Å². The lowest BCUT2D eigenvalue weighted by atomic mass is 10.2. The third-order valence-corrected chi connectivity index (χ3v) is 2.12. The Balaban J connectivity index is 4.37. The van der Waals surface area contributed by atoms with Gasteiger partial charge in [-0.3, -0.25) is 15.2 Å². The van der Waals surface area contributed by atoms with Gasteiger partial charge in [-0.15, -0.1) is 0 Å². The molecule has 0 fully saturated rings. The topological polar surface area (TPSA) is 53.9 Å². The van der Waals surface area contributed by atoms with Crippen molar-refractivity contribution in [1.29, 1.82) is 0 Å².